The number of nitrogens with zero attached hydrogens (tertiary/aromatic N) is 1. The van der Waals surface area contributed by atoms with Crippen molar-refractivity contribution in [2.24, 2.45) is 5.92 Å². The molecular weight excluding hydrogens is 200 g/mol. The van der Waals surface area contributed by atoms with E-state index in [1.165, 1.54) is 25.7 Å². The summed E-state index contributed by atoms with van der Waals surface area (Å²) in [4.78, 5) is 0. The Kier molecular flexibility index (Phi) is 5.79. The van der Waals surface area contributed by atoms with E-state index in [-0.39, 0.29) is 0 Å². The van der Waals surface area contributed by atoms with E-state index in [1.54, 1.807) is 0 Å². The molecule has 0 saturated heterocycles. The summed E-state index contributed by atoms with van der Waals surface area (Å²) in [6.45, 7) is 6.36. The van der Waals surface area contributed by atoms with Crippen molar-refractivity contribution in [2.45, 2.75) is 51.5 Å². The van der Waals surface area contributed by atoms with Crippen LogP contribution >= 0.6 is 0 Å². The van der Waals surface area contributed by atoms with E-state index < -0.39 is 5.54 Å². The fourth-order valence-electron chi connectivity index (χ4n) is 2.28. The maximum atomic E-state index is 9.06. The van der Waals surface area contributed by atoms with E-state index in [0.29, 0.717) is 6.61 Å². The van der Waals surface area contributed by atoms with Gasteiger partial charge in [-0.05, 0) is 32.2 Å². The second kappa shape index (κ2) is 6.88. The molecule has 0 amide bonds. The summed E-state index contributed by atoms with van der Waals surface area (Å²) in [6, 6.07) is 2.32. The van der Waals surface area contributed by atoms with Gasteiger partial charge in [0.15, 0.2) is 0 Å². The highest BCUT2D eigenvalue weighted by Crippen LogP contribution is 2.24. The van der Waals surface area contributed by atoms with Gasteiger partial charge in [-0.25, -0.2) is 0 Å². The molecule has 0 aromatic heterocycles. The molecule has 1 atom stereocenters. The lowest BCUT2D eigenvalue weighted by Gasteiger charge is -2.22. The van der Waals surface area contributed by atoms with Gasteiger partial charge in [-0.2, -0.15) is 5.26 Å². The number of nitriles is 1. The van der Waals surface area contributed by atoms with Gasteiger partial charge in [0.2, 0.25) is 0 Å². The fraction of sp³-hybridized carbons (Fsp3) is 0.923. The Hall–Kier alpha value is -0.590. The molecule has 0 aromatic rings. The van der Waals surface area contributed by atoms with Crippen LogP contribution in [0.3, 0.4) is 0 Å². The number of ether oxygens (including phenoxy) is 1. The minimum absolute atomic E-state index is 0.426. The van der Waals surface area contributed by atoms with Crippen LogP contribution in [-0.4, -0.2) is 25.3 Å². The predicted molar refractivity (Wildman–Crippen MR) is 65.1 cm³/mol. The molecular formula is C13H24N2O. The Bertz CT molecular complexity index is 231. The maximum absolute atomic E-state index is 9.06. The van der Waals surface area contributed by atoms with Crippen molar-refractivity contribution in [2.75, 3.05) is 19.8 Å². The van der Waals surface area contributed by atoms with Crippen LogP contribution < -0.4 is 5.32 Å². The van der Waals surface area contributed by atoms with Crippen molar-refractivity contribution in [3.05, 3.63) is 0 Å². The van der Waals surface area contributed by atoms with Crippen molar-refractivity contribution >= 4 is 0 Å². The van der Waals surface area contributed by atoms with Crippen molar-refractivity contribution < 1.29 is 4.74 Å². The Labute approximate surface area is 99.2 Å². The Morgan fingerprint density at radius 1 is 1.44 bits per heavy atom. The third-order valence-corrected chi connectivity index (χ3v) is 3.39. The van der Waals surface area contributed by atoms with Crippen molar-refractivity contribution in [3.63, 3.8) is 0 Å². The lowest BCUT2D eigenvalue weighted by Crippen LogP contribution is -2.41. The average molecular weight is 224 g/mol. The molecule has 0 aliphatic heterocycles. The Morgan fingerprint density at radius 3 is 2.69 bits per heavy atom. The molecule has 0 aromatic carbocycles. The molecule has 0 radical (unpaired) electrons. The molecule has 1 aliphatic carbocycles. The molecule has 92 valence electrons. The molecule has 0 spiro atoms. The average Bonchev–Trinajstić information content (AvgIpc) is 2.78. The summed E-state index contributed by atoms with van der Waals surface area (Å²) in [5, 5.41) is 12.3. The van der Waals surface area contributed by atoms with Crippen LogP contribution in [0.15, 0.2) is 0 Å². The zero-order valence-electron chi connectivity index (χ0n) is 10.6. The Morgan fingerprint density at radius 2 is 2.12 bits per heavy atom. The quantitative estimate of drug-likeness (QED) is 0.676. The lowest BCUT2D eigenvalue weighted by atomic mass is 10.0. The van der Waals surface area contributed by atoms with E-state index in [1.807, 2.05) is 13.8 Å². The van der Waals surface area contributed by atoms with Crippen LogP contribution in [0.2, 0.25) is 0 Å². The zero-order valence-corrected chi connectivity index (χ0v) is 10.6. The van der Waals surface area contributed by atoms with E-state index in [2.05, 4.69) is 11.4 Å². The first-order valence-electron chi connectivity index (χ1n) is 6.44. The molecule has 1 N–H and O–H groups in total. The number of hydrogen-bond donors (Lipinski definition) is 1. The van der Waals surface area contributed by atoms with Gasteiger partial charge in [0.1, 0.15) is 5.54 Å². The second-order valence-corrected chi connectivity index (χ2v) is 4.95. The first-order chi connectivity index (χ1) is 7.70. The zero-order chi connectivity index (χ0) is 11.9. The number of rotatable bonds is 7. The molecule has 1 fully saturated rings. The highest BCUT2D eigenvalue weighted by atomic mass is 16.5. The minimum atomic E-state index is -0.426. The van der Waals surface area contributed by atoms with Crippen molar-refractivity contribution in [3.8, 4) is 6.07 Å². The van der Waals surface area contributed by atoms with E-state index in [0.717, 1.165) is 25.5 Å². The van der Waals surface area contributed by atoms with Gasteiger partial charge in [0.25, 0.3) is 0 Å². The summed E-state index contributed by atoms with van der Waals surface area (Å²) in [7, 11) is 0. The standard InChI is InChI=1S/C13H24N2O/c1-3-15-13(2,11-14)8-9-16-10-12-6-4-5-7-12/h12,15H,3-10H2,1-2H3. The summed E-state index contributed by atoms with van der Waals surface area (Å²) >= 11 is 0. The van der Waals surface area contributed by atoms with Crippen LogP contribution in [0.4, 0.5) is 0 Å². The monoisotopic (exact) mass is 224 g/mol. The highest BCUT2D eigenvalue weighted by Gasteiger charge is 2.22. The molecule has 1 saturated carbocycles. The predicted octanol–water partition coefficient (Wildman–Crippen LogP) is 2.48. The van der Waals surface area contributed by atoms with Gasteiger partial charge in [0, 0.05) is 19.6 Å². The first kappa shape index (κ1) is 13.5. The maximum Gasteiger partial charge on any atom is 0.106 e. The second-order valence-electron chi connectivity index (χ2n) is 4.95. The first-order valence-corrected chi connectivity index (χ1v) is 6.44. The van der Waals surface area contributed by atoms with Crippen LogP contribution in [0.1, 0.15) is 46.0 Å². The van der Waals surface area contributed by atoms with E-state index >= 15 is 0 Å². The molecule has 0 bridgehead atoms. The Balaban J connectivity index is 2.11. The van der Waals surface area contributed by atoms with Crippen molar-refractivity contribution in [1.29, 1.82) is 5.26 Å². The molecule has 1 aliphatic rings. The number of nitrogens with one attached hydrogen (secondary N) is 1. The lowest BCUT2D eigenvalue weighted by molar-refractivity contribution is 0.0892. The summed E-state index contributed by atoms with van der Waals surface area (Å²) in [6.07, 6.45) is 6.14. The highest BCUT2D eigenvalue weighted by molar-refractivity contribution is 5.03. The summed E-state index contributed by atoms with van der Waals surface area (Å²) in [5.41, 5.74) is -0.426. The normalized spacial score (nSPS) is 20.6. The van der Waals surface area contributed by atoms with Gasteiger partial charge in [-0.3, -0.25) is 5.32 Å². The third kappa shape index (κ3) is 4.51. The fourth-order valence-corrected chi connectivity index (χ4v) is 2.28. The van der Waals surface area contributed by atoms with Gasteiger partial charge in [0.05, 0.1) is 6.07 Å². The van der Waals surface area contributed by atoms with Crippen LogP contribution in [0.5, 0.6) is 0 Å². The van der Waals surface area contributed by atoms with Gasteiger partial charge in [-0.1, -0.05) is 19.8 Å². The third-order valence-electron chi connectivity index (χ3n) is 3.39. The molecule has 3 nitrogen and oxygen atoms in total. The SMILES string of the molecule is CCNC(C)(C#N)CCOCC1CCCC1. The largest absolute Gasteiger partial charge is 0.381 e. The van der Waals surface area contributed by atoms with Crippen LogP contribution in [0, 0.1) is 17.2 Å². The molecule has 0 heterocycles. The van der Waals surface area contributed by atoms with E-state index in [4.69, 9.17) is 10.00 Å². The van der Waals surface area contributed by atoms with Gasteiger partial charge >= 0.3 is 0 Å². The molecule has 16 heavy (non-hydrogen) atoms. The number of hydrogen-bond acceptors (Lipinski definition) is 3. The summed E-state index contributed by atoms with van der Waals surface area (Å²) < 4.78 is 5.67. The van der Waals surface area contributed by atoms with E-state index in [9.17, 15) is 0 Å². The topological polar surface area (TPSA) is 45.0 Å². The van der Waals surface area contributed by atoms with Crippen molar-refractivity contribution in [1.82, 2.24) is 5.32 Å². The smallest absolute Gasteiger partial charge is 0.106 e. The van der Waals surface area contributed by atoms with Crippen LogP contribution in [-0.2, 0) is 4.74 Å². The molecule has 1 unspecified atom stereocenters. The molecule has 3 heteroatoms. The molecule has 1 rings (SSSR count). The summed E-state index contributed by atoms with van der Waals surface area (Å²) in [5.74, 6) is 0.771. The minimum Gasteiger partial charge on any atom is -0.381 e. The van der Waals surface area contributed by atoms with Crippen LogP contribution in [0.25, 0.3) is 0 Å². The van der Waals surface area contributed by atoms with Gasteiger partial charge in [-0.15, -0.1) is 0 Å². The van der Waals surface area contributed by atoms with Gasteiger partial charge < -0.3 is 4.74 Å².